The molecular formula is C32H36N4O7. The Bertz CT molecular complexity index is 1880. The summed E-state index contributed by atoms with van der Waals surface area (Å²) in [6.45, 7) is 8.21. The number of aryl methyl sites for hydroxylation is 2. The molecule has 11 nitrogen and oxygen atoms in total. The van der Waals surface area contributed by atoms with Crippen LogP contribution in [0.4, 0.5) is 0 Å². The summed E-state index contributed by atoms with van der Waals surface area (Å²) in [4.78, 5) is 57.0. The molecule has 3 aliphatic rings. The van der Waals surface area contributed by atoms with Crippen molar-refractivity contribution in [1.82, 2.24) is 18.7 Å². The van der Waals surface area contributed by atoms with Crippen LogP contribution in [0, 0.1) is 10.8 Å². The van der Waals surface area contributed by atoms with Crippen molar-refractivity contribution < 1.29 is 23.8 Å². The SMILES string of the molecule is COc1cc(C2C3=C(CC(C)(C)CC3=O)OC3=C2C(=O)CC(C)(C)C3)ccc1Oc1nc2c(c(=O)n(C)c(=O)n2C)n1C. The molecule has 0 saturated heterocycles. The minimum Gasteiger partial charge on any atom is -0.493 e. The minimum atomic E-state index is -0.581. The number of imidazole rings is 1. The van der Waals surface area contributed by atoms with E-state index in [9.17, 15) is 19.2 Å². The molecule has 0 N–H and O–H groups in total. The molecule has 0 radical (unpaired) electrons. The summed E-state index contributed by atoms with van der Waals surface area (Å²) in [5.74, 6) is 1.33. The van der Waals surface area contributed by atoms with Crippen LogP contribution in [-0.2, 0) is 35.5 Å². The highest BCUT2D eigenvalue weighted by Gasteiger charge is 2.48. The topological polar surface area (TPSA) is 124 Å². The Labute approximate surface area is 248 Å². The largest absolute Gasteiger partial charge is 0.493 e. The maximum absolute atomic E-state index is 13.6. The number of carbonyl (C=O) groups is 2. The first-order valence-corrected chi connectivity index (χ1v) is 14.3. The van der Waals surface area contributed by atoms with Crippen molar-refractivity contribution in [1.29, 1.82) is 0 Å². The summed E-state index contributed by atoms with van der Waals surface area (Å²) in [6.07, 6.45) is 1.92. The van der Waals surface area contributed by atoms with Gasteiger partial charge in [0.2, 0.25) is 0 Å². The number of carbonyl (C=O) groups excluding carboxylic acids is 2. The number of hydrogen-bond donors (Lipinski definition) is 0. The highest BCUT2D eigenvalue weighted by molar-refractivity contribution is 6.06. The molecule has 1 aromatic carbocycles. The van der Waals surface area contributed by atoms with Gasteiger partial charge in [-0.25, -0.2) is 4.79 Å². The predicted octanol–water partition coefficient (Wildman–Crippen LogP) is 4.17. The molecule has 6 rings (SSSR count). The average Bonchev–Trinajstić information content (AvgIpc) is 3.24. The number of nitrogens with zero attached hydrogens (tertiary/aromatic N) is 4. The highest BCUT2D eigenvalue weighted by Crippen LogP contribution is 2.54. The van der Waals surface area contributed by atoms with Crippen LogP contribution in [0.1, 0.15) is 64.9 Å². The lowest BCUT2D eigenvalue weighted by Gasteiger charge is -2.42. The van der Waals surface area contributed by atoms with Crippen LogP contribution in [0.15, 0.2) is 50.5 Å². The van der Waals surface area contributed by atoms with E-state index in [0.29, 0.717) is 59.8 Å². The van der Waals surface area contributed by atoms with Gasteiger partial charge >= 0.3 is 11.7 Å². The zero-order valence-corrected chi connectivity index (χ0v) is 25.8. The molecule has 3 aromatic rings. The molecule has 3 heterocycles. The van der Waals surface area contributed by atoms with E-state index in [4.69, 9.17) is 14.2 Å². The van der Waals surface area contributed by atoms with Crippen LogP contribution in [0.2, 0.25) is 0 Å². The van der Waals surface area contributed by atoms with Gasteiger partial charge < -0.3 is 14.2 Å². The standard InChI is InChI=1S/C32H36N4O7/c1-31(2)12-17(37)24-21(14-31)42-22-15-32(3,4)13-18(38)25(22)23(24)16-9-10-19(20(11-16)41-8)43-29-33-27-26(34(29)5)28(39)36(7)30(40)35(27)6/h9-11,23H,12-15H2,1-8H3. The van der Waals surface area contributed by atoms with Crippen molar-refractivity contribution in [2.45, 2.75) is 59.3 Å². The number of ketones is 2. The molecule has 2 aromatic heterocycles. The van der Waals surface area contributed by atoms with Crippen molar-refractivity contribution in [3.63, 3.8) is 0 Å². The van der Waals surface area contributed by atoms with E-state index in [2.05, 4.69) is 32.7 Å². The fraction of sp³-hybridized carbons (Fsp3) is 0.469. The number of methoxy groups -OCH3 is 1. The van der Waals surface area contributed by atoms with Gasteiger partial charge in [0, 0.05) is 63.9 Å². The number of allylic oxidation sites excluding steroid dienone is 4. The summed E-state index contributed by atoms with van der Waals surface area (Å²) in [5, 5.41) is 0. The van der Waals surface area contributed by atoms with Gasteiger partial charge in [-0.1, -0.05) is 33.8 Å². The Morgan fingerprint density at radius 2 is 1.40 bits per heavy atom. The third-order valence-corrected chi connectivity index (χ3v) is 8.74. The van der Waals surface area contributed by atoms with Gasteiger partial charge in [0.25, 0.3) is 5.56 Å². The Morgan fingerprint density at radius 3 is 1.95 bits per heavy atom. The molecule has 226 valence electrons. The Morgan fingerprint density at radius 1 is 0.814 bits per heavy atom. The van der Waals surface area contributed by atoms with Crippen molar-refractivity contribution in [2.24, 2.45) is 32.0 Å². The lowest BCUT2D eigenvalue weighted by atomic mass is 9.65. The second kappa shape index (κ2) is 9.55. The number of rotatable bonds is 4. The molecule has 2 aliphatic carbocycles. The zero-order valence-electron chi connectivity index (χ0n) is 25.8. The lowest BCUT2D eigenvalue weighted by molar-refractivity contribution is -0.120. The first-order valence-electron chi connectivity index (χ1n) is 14.3. The van der Waals surface area contributed by atoms with Gasteiger partial charge in [-0.15, -0.1) is 0 Å². The van der Waals surface area contributed by atoms with E-state index in [1.165, 1.54) is 30.3 Å². The molecule has 11 heteroatoms. The van der Waals surface area contributed by atoms with Crippen LogP contribution >= 0.6 is 0 Å². The molecule has 0 saturated carbocycles. The van der Waals surface area contributed by atoms with Gasteiger partial charge in [0.05, 0.1) is 7.11 Å². The Kier molecular flexibility index (Phi) is 6.37. The third kappa shape index (κ3) is 4.52. The molecule has 0 atom stereocenters. The molecule has 43 heavy (non-hydrogen) atoms. The van der Waals surface area contributed by atoms with E-state index in [1.54, 1.807) is 19.2 Å². The van der Waals surface area contributed by atoms with Crippen LogP contribution in [0.5, 0.6) is 17.5 Å². The van der Waals surface area contributed by atoms with Crippen molar-refractivity contribution in [3.8, 4) is 17.5 Å². The van der Waals surface area contributed by atoms with Crippen LogP contribution < -0.4 is 20.7 Å². The van der Waals surface area contributed by atoms with Crippen molar-refractivity contribution >= 4 is 22.7 Å². The summed E-state index contributed by atoms with van der Waals surface area (Å²) in [6, 6.07) is 5.39. The molecular weight excluding hydrogens is 552 g/mol. The quantitative estimate of drug-likeness (QED) is 0.445. The van der Waals surface area contributed by atoms with E-state index in [1.807, 2.05) is 6.07 Å². The average molecular weight is 589 g/mol. The van der Waals surface area contributed by atoms with Crippen LogP contribution in [0.3, 0.4) is 0 Å². The predicted molar refractivity (Wildman–Crippen MR) is 158 cm³/mol. The number of aromatic nitrogens is 4. The van der Waals surface area contributed by atoms with Gasteiger partial charge in [-0.3, -0.25) is 28.1 Å². The van der Waals surface area contributed by atoms with Crippen molar-refractivity contribution in [3.05, 3.63) is 67.3 Å². The summed E-state index contributed by atoms with van der Waals surface area (Å²) >= 11 is 0. The normalized spacial score (nSPS) is 19.8. The summed E-state index contributed by atoms with van der Waals surface area (Å²) in [5.41, 5.74) is 0.713. The molecule has 0 unspecified atom stereocenters. The minimum absolute atomic E-state index is 0.0216. The number of Topliss-reactive ketones (excluding diaryl/α,β-unsaturated/α-hetero) is 2. The lowest BCUT2D eigenvalue weighted by Crippen LogP contribution is -2.37. The maximum Gasteiger partial charge on any atom is 0.332 e. The smallest absolute Gasteiger partial charge is 0.332 e. The summed E-state index contributed by atoms with van der Waals surface area (Å²) < 4.78 is 22.1. The maximum atomic E-state index is 13.6. The molecule has 0 amide bonds. The number of hydrogen-bond acceptors (Lipinski definition) is 8. The number of ether oxygens (including phenoxy) is 3. The van der Waals surface area contributed by atoms with Gasteiger partial charge in [-0.2, -0.15) is 4.98 Å². The van der Waals surface area contributed by atoms with Crippen LogP contribution in [0.25, 0.3) is 11.2 Å². The van der Waals surface area contributed by atoms with Crippen molar-refractivity contribution in [2.75, 3.05) is 7.11 Å². The molecule has 0 bridgehead atoms. The first kappa shape index (κ1) is 28.7. The fourth-order valence-electron chi connectivity index (χ4n) is 6.64. The second-order valence-electron chi connectivity index (χ2n) is 13.4. The third-order valence-electron chi connectivity index (χ3n) is 8.74. The van der Waals surface area contributed by atoms with Gasteiger partial charge in [0.15, 0.2) is 34.2 Å². The fourth-order valence-corrected chi connectivity index (χ4v) is 6.64. The van der Waals surface area contributed by atoms with Gasteiger partial charge in [-0.05, 0) is 28.5 Å². The number of benzene rings is 1. The molecule has 0 spiro atoms. The zero-order chi connectivity index (χ0) is 31.2. The highest BCUT2D eigenvalue weighted by atomic mass is 16.5. The molecule has 1 aliphatic heterocycles. The van der Waals surface area contributed by atoms with E-state index < -0.39 is 17.2 Å². The van der Waals surface area contributed by atoms with E-state index in [0.717, 1.165) is 10.1 Å². The van der Waals surface area contributed by atoms with E-state index in [-0.39, 0.29) is 39.6 Å². The van der Waals surface area contributed by atoms with Gasteiger partial charge in [0.1, 0.15) is 11.5 Å². The summed E-state index contributed by atoms with van der Waals surface area (Å²) in [7, 11) is 6.08. The van der Waals surface area contributed by atoms with E-state index >= 15 is 0 Å². The van der Waals surface area contributed by atoms with Crippen LogP contribution in [-0.4, -0.2) is 37.4 Å². The second-order valence-corrected chi connectivity index (χ2v) is 13.4. The Hall–Kier alpha value is -4.41. The first-order chi connectivity index (χ1) is 20.1. The monoisotopic (exact) mass is 588 g/mol. The Balaban J connectivity index is 1.46. The molecule has 0 fully saturated rings. The number of fused-ring (bicyclic) bond motifs is 1.